The largest absolute Gasteiger partial charge is 0.299 e. The van der Waals surface area contributed by atoms with Gasteiger partial charge in [0.2, 0.25) is 0 Å². The lowest BCUT2D eigenvalue weighted by Gasteiger charge is -2.40. The van der Waals surface area contributed by atoms with Crippen molar-refractivity contribution in [3.05, 3.63) is 35.9 Å². The molecule has 1 aromatic rings. The van der Waals surface area contributed by atoms with Gasteiger partial charge >= 0.3 is 0 Å². The lowest BCUT2D eigenvalue weighted by atomic mass is 9.71. The van der Waals surface area contributed by atoms with Gasteiger partial charge in [0.05, 0.1) is 0 Å². The highest BCUT2D eigenvalue weighted by Crippen LogP contribution is 2.38. The number of benzene rings is 1. The van der Waals surface area contributed by atoms with Crippen LogP contribution in [0, 0.1) is 11.3 Å². The summed E-state index contributed by atoms with van der Waals surface area (Å²) in [6, 6.07) is 11.6. The molecule has 0 saturated heterocycles. The van der Waals surface area contributed by atoms with Gasteiger partial charge in [0.15, 0.2) is 0 Å². The number of hydrogen-bond donors (Lipinski definition) is 0. The summed E-state index contributed by atoms with van der Waals surface area (Å²) in [4.78, 5) is 2.55. The van der Waals surface area contributed by atoms with Crippen molar-refractivity contribution in [2.45, 2.75) is 72.9 Å². The van der Waals surface area contributed by atoms with Crippen LogP contribution in [-0.4, -0.2) is 18.0 Å². The van der Waals surface area contributed by atoms with Gasteiger partial charge in [-0.05, 0) is 49.6 Å². The van der Waals surface area contributed by atoms with E-state index in [2.05, 4.69) is 63.1 Å². The Morgan fingerprint density at radius 3 is 1.95 bits per heavy atom. The van der Waals surface area contributed by atoms with Crippen molar-refractivity contribution in [2.24, 2.45) is 11.3 Å². The molecule has 0 spiro atoms. The molecule has 1 aliphatic rings. The van der Waals surface area contributed by atoms with Crippen LogP contribution in [0.2, 0.25) is 0 Å². The Kier molecular flexibility index (Phi) is 7.45. The van der Waals surface area contributed by atoms with E-state index in [0.717, 1.165) is 18.5 Å². The summed E-state index contributed by atoms with van der Waals surface area (Å²) in [5, 5.41) is 0. The third kappa shape index (κ3) is 5.82. The van der Waals surface area contributed by atoms with Gasteiger partial charge in [-0.2, -0.15) is 0 Å². The van der Waals surface area contributed by atoms with Crippen LogP contribution in [0.4, 0.5) is 0 Å². The van der Waals surface area contributed by atoms with E-state index in [-0.39, 0.29) is 0 Å². The molecule has 0 N–H and O–H groups in total. The Balaban J connectivity index is 0.00000106. The van der Waals surface area contributed by atoms with E-state index in [1.54, 1.807) is 0 Å². The molecule has 1 aliphatic carbocycles. The molecule has 0 atom stereocenters. The highest BCUT2D eigenvalue weighted by atomic mass is 15.1. The van der Waals surface area contributed by atoms with Crippen LogP contribution >= 0.6 is 0 Å². The zero-order valence-electron chi connectivity index (χ0n) is 15.0. The standard InChI is InChI=1S/C18H29N.C2H6/c1-18(2,3)16-10-12-17(13-11-16)19(4)14-15-8-6-5-7-9-15;1-2/h5-9,16-17H,10-14H2,1-4H3;1-2H3. The lowest BCUT2D eigenvalue weighted by Crippen LogP contribution is -2.37. The maximum atomic E-state index is 2.55. The van der Waals surface area contributed by atoms with E-state index in [1.807, 2.05) is 13.8 Å². The van der Waals surface area contributed by atoms with E-state index in [9.17, 15) is 0 Å². The molecule has 0 aromatic heterocycles. The van der Waals surface area contributed by atoms with Crippen molar-refractivity contribution >= 4 is 0 Å². The highest BCUT2D eigenvalue weighted by molar-refractivity contribution is 5.14. The first-order chi connectivity index (χ1) is 9.97. The van der Waals surface area contributed by atoms with Gasteiger partial charge in [-0.15, -0.1) is 0 Å². The van der Waals surface area contributed by atoms with Crippen molar-refractivity contribution in [1.29, 1.82) is 0 Å². The molecule has 1 saturated carbocycles. The normalized spacial score (nSPS) is 22.6. The molecular formula is C20H35N. The van der Waals surface area contributed by atoms with Gasteiger partial charge in [0.1, 0.15) is 0 Å². The predicted octanol–water partition coefficient (Wildman–Crippen LogP) is 5.75. The molecule has 0 aliphatic heterocycles. The van der Waals surface area contributed by atoms with Crippen LogP contribution in [0.1, 0.15) is 65.9 Å². The summed E-state index contributed by atoms with van der Waals surface area (Å²) in [5.74, 6) is 0.911. The third-order valence-corrected chi connectivity index (χ3v) is 4.82. The van der Waals surface area contributed by atoms with E-state index in [0.29, 0.717) is 5.41 Å². The molecule has 1 fully saturated rings. The molecule has 0 heterocycles. The molecule has 1 heteroatoms. The van der Waals surface area contributed by atoms with Gasteiger partial charge in [0.25, 0.3) is 0 Å². The smallest absolute Gasteiger partial charge is 0.0233 e. The predicted molar refractivity (Wildman–Crippen MR) is 94.5 cm³/mol. The number of nitrogens with zero attached hydrogens (tertiary/aromatic N) is 1. The fourth-order valence-electron chi connectivity index (χ4n) is 3.38. The number of rotatable bonds is 3. The first-order valence-electron chi connectivity index (χ1n) is 8.71. The molecule has 2 rings (SSSR count). The molecule has 120 valence electrons. The van der Waals surface area contributed by atoms with Crippen molar-refractivity contribution in [3.8, 4) is 0 Å². The molecule has 1 aromatic carbocycles. The Morgan fingerprint density at radius 1 is 0.952 bits per heavy atom. The monoisotopic (exact) mass is 289 g/mol. The Hall–Kier alpha value is -0.820. The topological polar surface area (TPSA) is 3.24 Å². The van der Waals surface area contributed by atoms with Crippen LogP contribution in [-0.2, 0) is 6.54 Å². The second kappa shape index (κ2) is 8.58. The van der Waals surface area contributed by atoms with E-state index < -0.39 is 0 Å². The summed E-state index contributed by atoms with van der Waals surface area (Å²) in [6.45, 7) is 12.3. The molecular weight excluding hydrogens is 254 g/mol. The van der Waals surface area contributed by atoms with Gasteiger partial charge in [0, 0.05) is 12.6 Å². The van der Waals surface area contributed by atoms with Gasteiger partial charge in [-0.1, -0.05) is 65.0 Å². The van der Waals surface area contributed by atoms with E-state index in [1.165, 1.54) is 31.2 Å². The zero-order valence-corrected chi connectivity index (χ0v) is 15.0. The molecule has 0 bridgehead atoms. The Labute approximate surface area is 132 Å². The Morgan fingerprint density at radius 2 is 1.48 bits per heavy atom. The zero-order chi connectivity index (χ0) is 15.9. The lowest BCUT2D eigenvalue weighted by molar-refractivity contribution is 0.107. The van der Waals surface area contributed by atoms with Crippen molar-refractivity contribution in [1.82, 2.24) is 4.90 Å². The second-order valence-corrected chi connectivity index (χ2v) is 7.27. The Bertz CT molecular complexity index is 369. The minimum Gasteiger partial charge on any atom is -0.299 e. The van der Waals surface area contributed by atoms with E-state index >= 15 is 0 Å². The summed E-state index contributed by atoms with van der Waals surface area (Å²) in [5.41, 5.74) is 1.92. The summed E-state index contributed by atoms with van der Waals surface area (Å²) >= 11 is 0. The molecule has 1 nitrogen and oxygen atoms in total. The van der Waals surface area contributed by atoms with Gasteiger partial charge in [-0.3, -0.25) is 4.90 Å². The van der Waals surface area contributed by atoms with Crippen molar-refractivity contribution in [3.63, 3.8) is 0 Å². The maximum absolute atomic E-state index is 2.55. The summed E-state index contributed by atoms with van der Waals surface area (Å²) < 4.78 is 0. The minimum atomic E-state index is 0.489. The first kappa shape index (κ1) is 18.2. The maximum Gasteiger partial charge on any atom is 0.0233 e. The molecule has 21 heavy (non-hydrogen) atoms. The summed E-state index contributed by atoms with van der Waals surface area (Å²) in [7, 11) is 2.29. The van der Waals surface area contributed by atoms with Crippen LogP contribution in [0.5, 0.6) is 0 Å². The van der Waals surface area contributed by atoms with Gasteiger partial charge < -0.3 is 0 Å². The minimum absolute atomic E-state index is 0.489. The third-order valence-electron chi connectivity index (χ3n) is 4.82. The average Bonchev–Trinajstić information content (AvgIpc) is 2.49. The summed E-state index contributed by atoms with van der Waals surface area (Å²) in [6.07, 6.45) is 5.52. The van der Waals surface area contributed by atoms with Gasteiger partial charge in [-0.25, -0.2) is 0 Å². The molecule has 0 unspecified atom stereocenters. The fourth-order valence-corrected chi connectivity index (χ4v) is 3.38. The second-order valence-electron chi connectivity index (χ2n) is 7.27. The van der Waals surface area contributed by atoms with Crippen molar-refractivity contribution in [2.75, 3.05) is 7.05 Å². The van der Waals surface area contributed by atoms with Crippen LogP contribution in [0.25, 0.3) is 0 Å². The highest BCUT2D eigenvalue weighted by Gasteiger charge is 2.30. The average molecular weight is 290 g/mol. The fraction of sp³-hybridized carbons (Fsp3) is 0.700. The van der Waals surface area contributed by atoms with E-state index in [4.69, 9.17) is 0 Å². The van der Waals surface area contributed by atoms with Crippen molar-refractivity contribution < 1.29 is 0 Å². The number of hydrogen-bond acceptors (Lipinski definition) is 1. The molecule has 0 radical (unpaired) electrons. The molecule has 0 amide bonds. The SMILES string of the molecule is CC.CN(Cc1ccccc1)C1CCC(C(C)(C)C)CC1. The van der Waals surface area contributed by atoms with Crippen LogP contribution in [0.3, 0.4) is 0 Å². The quantitative estimate of drug-likeness (QED) is 0.685. The van der Waals surface area contributed by atoms with Crippen LogP contribution < -0.4 is 0 Å². The first-order valence-corrected chi connectivity index (χ1v) is 8.71. The van der Waals surface area contributed by atoms with Crippen LogP contribution in [0.15, 0.2) is 30.3 Å².